The van der Waals surface area contributed by atoms with E-state index in [1.165, 1.54) is 0 Å². The molecule has 0 bridgehead atoms. The first kappa shape index (κ1) is 25.4. The number of hydrogen-bond donors (Lipinski definition) is 1. The maximum absolute atomic E-state index is 10.7. The predicted octanol–water partition coefficient (Wildman–Crippen LogP) is -6.94. The fourth-order valence-electron chi connectivity index (χ4n) is 0. The molecule has 15 heavy (non-hydrogen) atoms. The van der Waals surface area contributed by atoms with Crippen LogP contribution in [0.2, 0.25) is 0 Å². The molecule has 1 N–H and O–H groups in total. The minimum absolute atomic E-state index is 0. The molecule has 7 nitrogen and oxygen atoms in total. The summed E-state index contributed by atoms with van der Waals surface area (Å²) in [5.41, 5.74) is -5.65. The molecule has 0 unspecified atom stereocenters. The summed E-state index contributed by atoms with van der Waals surface area (Å²) in [6.45, 7) is 0. The van der Waals surface area contributed by atoms with E-state index in [9.17, 15) is 13.2 Å². The molecule has 0 aliphatic heterocycles. The van der Waals surface area contributed by atoms with E-state index in [2.05, 4.69) is 0 Å². The van der Waals surface area contributed by atoms with Crippen molar-refractivity contribution < 1.29 is 103 Å². The normalized spacial score (nSPS) is 11.3. The van der Waals surface area contributed by atoms with E-state index in [0.717, 1.165) is 0 Å². The van der Waals surface area contributed by atoms with E-state index in [1.54, 1.807) is 0 Å². The van der Waals surface area contributed by atoms with E-state index < -0.39 is 26.0 Å². The van der Waals surface area contributed by atoms with Gasteiger partial charge in [0, 0.05) is 0 Å². The van der Waals surface area contributed by atoms with Crippen molar-refractivity contribution in [2.24, 2.45) is 0 Å². The second kappa shape index (κ2) is 8.63. The molecule has 0 amide bonds. The third-order valence-corrected chi connectivity index (χ3v) is 0.850. The Bertz CT molecular complexity index is 333. The number of rotatable bonds is 0. The van der Waals surface area contributed by atoms with Crippen molar-refractivity contribution in [3.8, 4) is 0 Å². The SMILES string of the molecule is O=S(=O)([O-])C(F)(F)F.O=S(=O)([O-])O.[Na+].[Na+]. The average Bonchev–Trinajstić information content (AvgIpc) is 1.50. The molecule has 0 heterocycles. The van der Waals surface area contributed by atoms with Gasteiger partial charge in [0.25, 0.3) is 0 Å². The van der Waals surface area contributed by atoms with E-state index in [1.807, 2.05) is 0 Å². The fraction of sp³-hybridized carbons (Fsp3) is 1.00. The quantitative estimate of drug-likeness (QED) is 0.203. The number of alkyl halides is 3. The van der Waals surface area contributed by atoms with E-state index in [0.29, 0.717) is 0 Å². The first-order valence-corrected chi connectivity index (χ1v) is 4.73. The molecule has 0 spiro atoms. The van der Waals surface area contributed by atoms with Crippen LogP contribution in [0, 0.1) is 0 Å². The molecular weight excluding hydrogens is 291 g/mol. The van der Waals surface area contributed by atoms with Gasteiger partial charge in [0.15, 0.2) is 10.1 Å². The zero-order valence-electron chi connectivity index (χ0n) is 7.35. The van der Waals surface area contributed by atoms with Gasteiger partial charge in [-0.15, -0.1) is 0 Å². The van der Waals surface area contributed by atoms with Crippen molar-refractivity contribution in [1.82, 2.24) is 0 Å². The molecule has 0 saturated heterocycles. The summed E-state index contributed by atoms with van der Waals surface area (Å²) >= 11 is 0. The van der Waals surface area contributed by atoms with Crippen LogP contribution in [0.4, 0.5) is 13.2 Å². The Morgan fingerprint density at radius 2 is 1.00 bits per heavy atom. The van der Waals surface area contributed by atoms with Crippen LogP contribution in [0.15, 0.2) is 0 Å². The van der Waals surface area contributed by atoms with Gasteiger partial charge < -0.3 is 9.11 Å². The number of halogens is 3. The molecule has 0 radical (unpaired) electrons. The maximum Gasteiger partial charge on any atom is 1.00 e. The minimum Gasteiger partial charge on any atom is -0.741 e. The molecule has 0 aromatic rings. The topological polar surface area (TPSA) is 135 Å². The van der Waals surface area contributed by atoms with E-state index >= 15 is 0 Å². The van der Waals surface area contributed by atoms with Crippen molar-refractivity contribution in [3.05, 3.63) is 0 Å². The summed E-state index contributed by atoms with van der Waals surface area (Å²) in [6.07, 6.45) is 0. The predicted molar refractivity (Wildman–Crippen MR) is 28.1 cm³/mol. The minimum atomic E-state index is -6.09. The fourth-order valence-corrected chi connectivity index (χ4v) is 0. The molecule has 0 aliphatic rings. The van der Waals surface area contributed by atoms with Gasteiger partial charge in [-0.05, 0) is 0 Å². The summed E-state index contributed by atoms with van der Waals surface area (Å²) < 4.78 is 91.7. The summed E-state index contributed by atoms with van der Waals surface area (Å²) in [7, 11) is -11.0. The summed E-state index contributed by atoms with van der Waals surface area (Å²) in [6, 6.07) is 0. The van der Waals surface area contributed by atoms with Crippen molar-refractivity contribution in [1.29, 1.82) is 0 Å². The van der Waals surface area contributed by atoms with Gasteiger partial charge in [0.2, 0.25) is 10.4 Å². The molecule has 82 valence electrons. The van der Waals surface area contributed by atoms with Crippen molar-refractivity contribution in [2.75, 3.05) is 0 Å². The van der Waals surface area contributed by atoms with Crippen molar-refractivity contribution >= 4 is 20.5 Å². The zero-order chi connectivity index (χ0) is 11.5. The Morgan fingerprint density at radius 3 is 1.00 bits per heavy atom. The Kier molecular flexibility index (Phi) is 14.6. The third kappa shape index (κ3) is 25.7. The zero-order valence-corrected chi connectivity index (χ0v) is 13.0. The Balaban J connectivity index is -0.0000000770. The van der Waals surface area contributed by atoms with Crippen LogP contribution in [0.1, 0.15) is 0 Å². The van der Waals surface area contributed by atoms with Gasteiger partial charge in [-0.25, -0.2) is 16.8 Å². The smallest absolute Gasteiger partial charge is 0.741 e. The Morgan fingerprint density at radius 1 is 0.933 bits per heavy atom. The van der Waals surface area contributed by atoms with Crippen LogP contribution in [-0.4, -0.2) is 36.0 Å². The van der Waals surface area contributed by atoms with Gasteiger partial charge in [-0.1, -0.05) is 0 Å². The summed E-state index contributed by atoms with van der Waals surface area (Å²) in [4.78, 5) is 0. The molecule has 0 atom stereocenters. The number of hydrogen-bond acceptors (Lipinski definition) is 6. The monoisotopic (exact) mass is 292 g/mol. The first-order valence-electron chi connectivity index (χ1n) is 1.95. The van der Waals surface area contributed by atoms with Gasteiger partial charge in [-0.3, -0.25) is 4.55 Å². The third-order valence-electron chi connectivity index (χ3n) is 0.283. The molecule has 0 rings (SSSR count). The largest absolute Gasteiger partial charge is 1.00 e. The van der Waals surface area contributed by atoms with E-state index in [4.69, 9.17) is 30.5 Å². The molecule has 0 aromatic heterocycles. The second-order valence-electron chi connectivity index (χ2n) is 1.33. The molecule has 0 fully saturated rings. The average molecular weight is 292 g/mol. The van der Waals surface area contributed by atoms with Gasteiger partial charge in [0.1, 0.15) is 0 Å². The van der Waals surface area contributed by atoms with Gasteiger partial charge >= 0.3 is 64.6 Å². The van der Waals surface area contributed by atoms with Crippen LogP contribution in [0.3, 0.4) is 0 Å². The molecule has 14 heteroatoms. The van der Waals surface area contributed by atoms with Crippen LogP contribution in [-0.2, 0) is 20.5 Å². The molecular formula is CHF3Na2O7S2. The van der Waals surface area contributed by atoms with Crippen LogP contribution < -0.4 is 59.1 Å². The molecule has 0 aliphatic carbocycles. The standard InChI is InChI=1S/CHF3O3S.2Na.H2O4S/c2-1(3,4)8(5,6)7;;;1-5(2,3)4/h(H,5,6,7);;;(H2,1,2,3,4)/q;2*+1;/p-2. The maximum atomic E-state index is 10.7. The van der Waals surface area contributed by atoms with Crippen molar-refractivity contribution in [3.63, 3.8) is 0 Å². The van der Waals surface area contributed by atoms with Gasteiger partial charge in [0.05, 0.1) is 0 Å². The Hall–Kier alpha value is 1.57. The summed E-state index contributed by atoms with van der Waals surface area (Å²) in [5, 5.41) is 0. The van der Waals surface area contributed by atoms with Crippen LogP contribution >= 0.6 is 0 Å². The Labute approximate surface area is 127 Å². The molecule has 0 saturated carbocycles. The first-order chi connectivity index (χ1) is 5.25. The van der Waals surface area contributed by atoms with Crippen molar-refractivity contribution in [2.45, 2.75) is 5.51 Å². The van der Waals surface area contributed by atoms with Crippen LogP contribution in [0.25, 0.3) is 0 Å². The van der Waals surface area contributed by atoms with Gasteiger partial charge in [-0.2, -0.15) is 13.2 Å². The second-order valence-corrected chi connectivity index (χ2v) is 3.55. The molecule has 0 aromatic carbocycles. The van der Waals surface area contributed by atoms with Crippen LogP contribution in [0.5, 0.6) is 0 Å². The van der Waals surface area contributed by atoms with E-state index in [-0.39, 0.29) is 59.1 Å². The summed E-state index contributed by atoms with van der Waals surface area (Å²) in [5.74, 6) is 0.